The fourth-order valence-electron chi connectivity index (χ4n) is 2.23. The molecule has 0 aliphatic heterocycles. The number of ether oxygens (including phenoxy) is 1. The third-order valence-corrected chi connectivity index (χ3v) is 3.30. The second-order valence-corrected chi connectivity index (χ2v) is 4.87. The highest BCUT2D eigenvalue weighted by Crippen LogP contribution is 2.35. The van der Waals surface area contributed by atoms with Crippen LogP contribution in [0.2, 0.25) is 0 Å². The minimum Gasteiger partial charge on any atom is -0.457 e. The summed E-state index contributed by atoms with van der Waals surface area (Å²) in [5, 5.41) is 11.4. The molecule has 2 aromatic carbocycles. The first kappa shape index (κ1) is 15.7. The quantitative estimate of drug-likeness (QED) is 0.502. The molecule has 0 aliphatic rings. The topological polar surface area (TPSA) is 65.3 Å². The van der Waals surface area contributed by atoms with E-state index in [-0.39, 0.29) is 22.7 Å². The molecular formula is C16H9F3N2O3. The molecule has 0 aliphatic carbocycles. The lowest BCUT2D eigenvalue weighted by Crippen LogP contribution is -2.04. The SMILES string of the molecule is O=[N+]([O-])c1cccc2c(Oc3cccc(C(F)(F)F)c3)ccnc12. The number of nitro groups is 1. The van der Waals surface area contributed by atoms with Crippen LogP contribution in [0.1, 0.15) is 5.56 Å². The van der Waals surface area contributed by atoms with Gasteiger partial charge in [0.1, 0.15) is 11.5 Å². The van der Waals surface area contributed by atoms with Crippen molar-refractivity contribution in [3.05, 3.63) is 70.4 Å². The monoisotopic (exact) mass is 334 g/mol. The minimum absolute atomic E-state index is 0.0242. The number of aromatic nitrogens is 1. The summed E-state index contributed by atoms with van der Waals surface area (Å²) in [5.74, 6) is 0.159. The van der Waals surface area contributed by atoms with Crippen LogP contribution in [0, 0.1) is 10.1 Å². The zero-order valence-corrected chi connectivity index (χ0v) is 11.9. The van der Waals surface area contributed by atoms with Crippen LogP contribution in [-0.2, 0) is 6.18 Å². The van der Waals surface area contributed by atoms with Crippen molar-refractivity contribution >= 4 is 16.6 Å². The second kappa shape index (κ2) is 5.80. The average Bonchev–Trinajstić information content (AvgIpc) is 2.54. The van der Waals surface area contributed by atoms with Crippen molar-refractivity contribution in [3.8, 4) is 11.5 Å². The third kappa shape index (κ3) is 2.98. The van der Waals surface area contributed by atoms with Gasteiger partial charge in [0.05, 0.1) is 10.5 Å². The highest BCUT2D eigenvalue weighted by molar-refractivity contribution is 5.91. The van der Waals surface area contributed by atoms with Crippen LogP contribution in [0.4, 0.5) is 18.9 Å². The standard InChI is InChI=1S/C16H9F3N2O3/c17-16(18,19)10-3-1-4-11(9-10)24-14-7-8-20-15-12(14)5-2-6-13(15)21(22)23/h1-9H. The molecule has 3 rings (SSSR count). The number of benzene rings is 2. The molecule has 1 aromatic heterocycles. The van der Waals surface area contributed by atoms with E-state index >= 15 is 0 Å². The molecule has 0 radical (unpaired) electrons. The molecule has 0 atom stereocenters. The Balaban J connectivity index is 2.06. The Morgan fingerprint density at radius 2 is 1.83 bits per heavy atom. The van der Waals surface area contributed by atoms with E-state index in [9.17, 15) is 23.3 Å². The summed E-state index contributed by atoms with van der Waals surface area (Å²) in [5.41, 5.74) is -0.946. The van der Waals surface area contributed by atoms with Gasteiger partial charge in [-0.1, -0.05) is 12.1 Å². The van der Waals surface area contributed by atoms with E-state index < -0.39 is 16.7 Å². The minimum atomic E-state index is -4.49. The smallest absolute Gasteiger partial charge is 0.416 e. The van der Waals surface area contributed by atoms with Gasteiger partial charge in [0.2, 0.25) is 0 Å². The molecule has 0 saturated heterocycles. The summed E-state index contributed by atoms with van der Waals surface area (Å²) >= 11 is 0. The van der Waals surface area contributed by atoms with E-state index in [0.29, 0.717) is 5.39 Å². The molecule has 0 N–H and O–H groups in total. The van der Waals surface area contributed by atoms with Crippen LogP contribution in [0.15, 0.2) is 54.7 Å². The van der Waals surface area contributed by atoms with Crippen molar-refractivity contribution < 1.29 is 22.8 Å². The highest BCUT2D eigenvalue weighted by atomic mass is 19.4. The second-order valence-electron chi connectivity index (χ2n) is 4.87. The maximum atomic E-state index is 12.8. The van der Waals surface area contributed by atoms with Crippen molar-refractivity contribution in [2.24, 2.45) is 0 Å². The molecule has 5 nitrogen and oxygen atoms in total. The van der Waals surface area contributed by atoms with Crippen LogP contribution in [0.25, 0.3) is 10.9 Å². The van der Waals surface area contributed by atoms with E-state index in [0.717, 1.165) is 12.1 Å². The van der Waals surface area contributed by atoms with Gasteiger partial charge in [-0.25, -0.2) is 4.98 Å². The number of non-ortho nitro benzene ring substituents is 1. The van der Waals surface area contributed by atoms with Gasteiger partial charge in [-0.15, -0.1) is 0 Å². The van der Waals surface area contributed by atoms with Crippen molar-refractivity contribution in [1.82, 2.24) is 4.98 Å². The molecule has 0 spiro atoms. The predicted molar refractivity (Wildman–Crippen MR) is 79.9 cm³/mol. The summed E-state index contributed by atoms with van der Waals surface area (Å²) in [6.45, 7) is 0. The fourth-order valence-corrected chi connectivity index (χ4v) is 2.23. The van der Waals surface area contributed by atoms with Gasteiger partial charge in [0.15, 0.2) is 5.52 Å². The van der Waals surface area contributed by atoms with Gasteiger partial charge in [-0.2, -0.15) is 13.2 Å². The Morgan fingerprint density at radius 3 is 2.54 bits per heavy atom. The molecule has 0 fully saturated rings. The van der Waals surface area contributed by atoms with E-state index in [1.165, 1.54) is 36.5 Å². The first-order valence-electron chi connectivity index (χ1n) is 6.73. The summed E-state index contributed by atoms with van der Waals surface area (Å²) in [6, 6.07) is 10.1. The van der Waals surface area contributed by atoms with Crippen LogP contribution in [-0.4, -0.2) is 9.91 Å². The third-order valence-electron chi connectivity index (χ3n) is 3.30. The number of hydrogen-bond acceptors (Lipinski definition) is 4. The number of halogens is 3. The molecule has 3 aromatic rings. The number of rotatable bonds is 3. The Labute approximate surface area is 133 Å². The Hall–Kier alpha value is -3.16. The van der Waals surface area contributed by atoms with Crippen LogP contribution in [0.3, 0.4) is 0 Å². The predicted octanol–water partition coefficient (Wildman–Crippen LogP) is 4.95. The van der Waals surface area contributed by atoms with Gasteiger partial charge in [0, 0.05) is 17.6 Å². The lowest BCUT2D eigenvalue weighted by Gasteiger charge is -2.11. The van der Waals surface area contributed by atoms with Crippen molar-refractivity contribution in [2.75, 3.05) is 0 Å². The maximum absolute atomic E-state index is 12.8. The summed E-state index contributed by atoms with van der Waals surface area (Å²) in [4.78, 5) is 14.4. The number of fused-ring (bicyclic) bond motifs is 1. The van der Waals surface area contributed by atoms with E-state index in [1.54, 1.807) is 6.07 Å². The zero-order chi connectivity index (χ0) is 17.3. The van der Waals surface area contributed by atoms with Crippen molar-refractivity contribution in [1.29, 1.82) is 0 Å². The lowest BCUT2D eigenvalue weighted by atomic mass is 10.1. The number of alkyl halides is 3. The molecule has 8 heteroatoms. The molecule has 1 heterocycles. The van der Waals surface area contributed by atoms with E-state index in [2.05, 4.69) is 4.98 Å². The molecule has 122 valence electrons. The lowest BCUT2D eigenvalue weighted by molar-refractivity contribution is -0.383. The first-order chi connectivity index (χ1) is 11.4. The van der Waals surface area contributed by atoms with Gasteiger partial charge in [-0.05, 0) is 30.3 Å². The number of para-hydroxylation sites is 1. The van der Waals surface area contributed by atoms with Gasteiger partial charge in [-0.3, -0.25) is 10.1 Å². The molecule has 0 bridgehead atoms. The van der Waals surface area contributed by atoms with Gasteiger partial charge >= 0.3 is 6.18 Å². The average molecular weight is 334 g/mol. The molecule has 0 amide bonds. The van der Waals surface area contributed by atoms with Crippen LogP contribution < -0.4 is 4.74 Å². The van der Waals surface area contributed by atoms with Gasteiger partial charge < -0.3 is 4.74 Å². The molecule has 0 unspecified atom stereocenters. The number of pyridine rings is 1. The summed E-state index contributed by atoms with van der Waals surface area (Å²) in [7, 11) is 0. The van der Waals surface area contributed by atoms with Crippen molar-refractivity contribution in [3.63, 3.8) is 0 Å². The Kier molecular flexibility index (Phi) is 3.80. The summed E-state index contributed by atoms with van der Waals surface area (Å²) in [6.07, 6.45) is -3.18. The highest BCUT2D eigenvalue weighted by Gasteiger charge is 2.30. The first-order valence-corrected chi connectivity index (χ1v) is 6.73. The van der Waals surface area contributed by atoms with Gasteiger partial charge in [0.25, 0.3) is 5.69 Å². The number of nitro benzene ring substituents is 1. The number of nitrogens with zero attached hydrogens (tertiary/aromatic N) is 2. The largest absolute Gasteiger partial charge is 0.457 e. The number of hydrogen-bond donors (Lipinski definition) is 0. The van der Waals surface area contributed by atoms with Crippen LogP contribution in [0.5, 0.6) is 11.5 Å². The van der Waals surface area contributed by atoms with E-state index in [1.807, 2.05) is 0 Å². The summed E-state index contributed by atoms with van der Waals surface area (Å²) < 4.78 is 43.8. The zero-order valence-electron chi connectivity index (χ0n) is 11.9. The molecular weight excluding hydrogens is 325 g/mol. The van der Waals surface area contributed by atoms with Crippen LogP contribution >= 0.6 is 0 Å². The van der Waals surface area contributed by atoms with E-state index in [4.69, 9.17) is 4.74 Å². The maximum Gasteiger partial charge on any atom is 0.416 e. The normalized spacial score (nSPS) is 11.5. The Morgan fingerprint density at radius 1 is 1.08 bits per heavy atom. The van der Waals surface area contributed by atoms with Crippen molar-refractivity contribution in [2.45, 2.75) is 6.18 Å². The fraction of sp³-hybridized carbons (Fsp3) is 0.0625. The molecule has 0 saturated carbocycles. The Bertz CT molecular complexity index is 926. The molecule has 24 heavy (non-hydrogen) atoms.